The van der Waals surface area contributed by atoms with E-state index in [0.29, 0.717) is 17.9 Å². The number of halogens is 1. The number of alkyl carbamates (subject to hydrolysis) is 1. The zero-order valence-electron chi connectivity index (χ0n) is 33.6. The molecular weight excluding hydrogens is 784 g/mol. The van der Waals surface area contributed by atoms with Crippen molar-refractivity contribution < 1.29 is 48.0 Å². The third kappa shape index (κ3) is 9.97. The van der Waals surface area contributed by atoms with E-state index < -0.39 is 64.0 Å². The number of aliphatic hydroxyl groups is 1. The molecule has 0 aliphatic carbocycles. The average molecular weight is 837 g/mol. The van der Waals surface area contributed by atoms with E-state index in [9.17, 15) is 29.5 Å². The molecule has 2 saturated heterocycles. The highest BCUT2D eigenvalue weighted by Gasteiger charge is 2.63. The standard InChI is InChI=1S/C39H53ClN4O10S2/c1-23-12-11-13-28(51-9)39(49)20-30(53-35(48)42-39)38(5)21-37(4,54-38)29(19-32(46)44(7)26-17-25(16-23)18-27(50-8)33(26)40)52-34(47)24(2)43(6)31(45)14-15-36(3,22-41)56-55-10/h11-13,17-18,24,28-30,49H,14-16,19-21H2,1-10H3,(H,42,48)/b13-11+,23-12+/t24-,28+,29-,30-,36?,37+,38-,39-/m0/s1. The molecule has 2 N–H and O–H groups in total. The Bertz CT molecular complexity index is 1780. The minimum absolute atomic E-state index is 0.0251. The lowest BCUT2D eigenvalue weighted by molar-refractivity contribution is -0.328. The minimum atomic E-state index is -1.87. The first-order valence-electron chi connectivity index (χ1n) is 18.2. The predicted octanol–water partition coefficient (Wildman–Crippen LogP) is 5.73. The summed E-state index contributed by atoms with van der Waals surface area (Å²) >= 11 is 6.77. The van der Waals surface area contributed by atoms with Gasteiger partial charge in [0, 0.05) is 40.5 Å². The Balaban J connectivity index is 1.71. The number of nitrogens with one attached hydrogen (secondary N) is 1. The number of methoxy groups -OCH3 is 2. The van der Waals surface area contributed by atoms with Gasteiger partial charge in [-0.1, -0.05) is 57.0 Å². The summed E-state index contributed by atoms with van der Waals surface area (Å²) in [7, 11) is 8.75. The molecule has 14 nitrogen and oxygen atoms in total. The Labute approximate surface area is 341 Å². The Morgan fingerprint density at radius 3 is 2.55 bits per heavy atom. The third-order valence-corrected chi connectivity index (χ3v) is 13.6. The number of fused-ring (bicyclic) bond motifs is 6. The summed E-state index contributed by atoms with van der Waals surface area (Å²) in [4.78, 5) is 56.8. The first-order chi connectivity index (χ1) is 26.2. The van der Waals surface area contributed by atoms with E-state index in [0.717, 1.165) is 11.1 Å². The highest BCUT2D eigenvalue weighted by atomic mass is 35.5. The quantitative estimate of drug-likeness (QED) is 0.216. The van der Waals surface area contributed by atoms with Crippen LogP contribution < -0.4 is 15.0 Å². The van der Waals surface area contributed by atoms with E-state index in [1.807, 2.05) is 19.3 Å². The number of nitrogens with zero attached hydrogens (tertiary/aromatic N) is 3. The summed E-state index contributed by atoms with van der Waals surface area (Å²) in [5, 5.41) is 24.1. The van der Waals surface area contributed by atoms with Crippen molar-refractivity contribution in [3.63, 3.8) is 0 Å². The highest BCUT2D eigenvalue weighted by molar-refractivity contribution is 8.77. The van der Waals surface area contributed by atoms with Gasteiger partial charge >= 0.3 is 12.1 Å². The Hall–Kier alpha value is -3.46. The van der Waals surface area contributed by atoms with Crippen molar-refractivity contribution in [2.45, 2.75) is 119 Å². The van der Waals surface area contributed by atoms with Crippen molar-refractivity contribution >= 4 is 62.8 Å². The van der Waals surface area contributed by atoms with Crippen LogP contribution in [0.25, 0.3) is 0 Å². The molecule has 1 unspecified atom stereocenters. The fraction of sp³-hybridized carbons (Fsp3) is 0.615. The smallest absolute Gasteiger partial charge is 0.409 e. The number of amides is 3. The van der Waals surface area contributed by atoms with E-state index in [4.69, 9.17) is 35.3 Å². The van der Waals surface area contributed by atoms with Crippen molar-refractivity contribution in [1.82, 2.24) is 10.2 Å². The Morgan fingerprint density at radius 2 is 1.95 bits per heavy atom. The molecule has 0 radical (unpaired) electrons. The summed E-state index contributed by atoms with van der Waals surface area (Å²) in [6.07, 6.45) is 3.50. The lowest BCUT2D eigenvalue weighted by atomic mass is 9.72. The van der Waals surface area contributed by atoms with Crippen molar-refractivity contribution in [2.24, 2.45) is 0 Å². The number of hydrogen-bond acceptors (Lipinski definition) is 13. The number of likely N-dealkylation sites (N-methyl/N-ethyl adjacent to an activating group) is 1. The van der Waals surface area contributed by atoms with E-state index in [1.54, 1.807) is 52.1 Å². The van der Waals surface area contributed by atoms with Crippen LogP contribution in [0.1, 0.15) is 72.3 Å². The normalized spacial score (nSPS) is 31.2. The van der Waals surface area contributed by atoms with Gasteiger partial charge in [-0.15, -0.1) is 0 Å². The molecule has 4 aliphatic rings. The number of allylic oxidation sites excluding steroid dienone is 3. The second kappa shape index (κ2) is 18.0. The highest BCUT2D eigenvalue weighted by Crippen LogP contribution is 2.50. The molecule has 8 atom stereocenters. The van der Waals surface area contributed by atoms with Gasteiger partial charge in [0.1, 0.15) is 51.1 Å². The SMILES string of the molecule is COc1cc2cc(c1Cl)N(C)C(=O)C[C@H](OC(=O)[C@H](C)N(C)C(=O)CCC(C)(C#N)SSC)[C@@]1(C)C[C@](C)(O1)[C@@H]1C[C@@](O)(NC(=O)O1)[C@H](OC)/C=C/C=C(\C)C2. The molecule has 2 fully saturated rings. The average Bonchev–Trinajstić information content (AvgIpc) is 3.13. The number of carbonyl (C=O) groups excluding carboxylic acids is 4. The molecule has 4 heterocycles. The van der Waals surface area contributed by atoms with Crippen LogP contribution in [-0.4, -0.2) is 114 Å². The fourth-order valence-corrected chi connectivity index (χ4v) is 9.70. The molecule has 308 valence electrons. The van der Waals surface area contributed by atoms with E-state index >= 15 is 0 Å². The van der Waals surface area contributed by atoms with Crippen LogP contribution in [0.2, 0.25) is 5.02 Å². The summed E-state index contributed by atoms with van der Waals surface area (Å²) in [5.41, 5.74) is -2.25. The maximum atomic E-state index is 14.2. The van der Waals surface area contributed by atoms with Crippen molar-refractivity contribution in [3.8, 4) is 11.8 Å². The van der Waals surface area contributed by atoms with Gasteiger partial charge in [-0.25, -0.2) is 9.59 Å². The second-order valence-corrected chi connectivity index (χ2v) is 18.5. The van der Waals surface area contributed by atoms with Crippen molar-refractivity contribution in [1.29, 1.82) is 5.26 Å². The maximum absolute atomic E-state index is 14.2. The molecule has 0 aromatic heterocycles. The molecule has 17 heteroatoms. The Kier molecular flexibility index (Phi) is 14.5. The van der Waals surface area contributed by atoms with Gasteiger partial charge in [0.2, 0.25) is 11.8 Å². The van der Waals surface area contributed by atoms with Gasteiger partial charge < -0.3 is 38.6 Å². The molecule has 5 rings (SSSR count). The molecule has 56 heavy (non-hydrogen) atoms. The van der Waals surface area contributed by atoms with E-state index in [2.05, 4.69) is 11.4 Å². The van der Waals surface area contributed by atoms with E-state index in [1.165, 1.54) is 59.6 Å². The van der Waals surface area contributed by atoms with Crippen molar-refractivity contribution in [3.05, 3.63) is 46.5 Å². The number of ether oxygens (including phenoxy) is 5. The molecule has 0 spiro atoms. The maximum Gasteiger partial charge on any atom is 0.409 e. The fourth-order valence-electron chi connectivity index (χ4n) is 7.33. The van der Waals surface area contributed by atoms with Gasteiger partial charge in [0.05, 0.1) is 25.3 Å². The lowest BCUT2D eigenvalue weighted by Gasteiger charge is -2.59. The number of hydrogen-bond donors (Lipinski definition) is 2. The van der Waals surface area contributed by atoms with Gasteiger partial charge in [0.15, 0.2) is 5.72 Å². The summed E-state index contributed by atoms with van der Waals surface area (Å²) in [5.74, 6) is -1.23. The molecular formula is C39H53ClN4O10S2. The summed E-state index contributed by atoms with van der Waals surface area (Å²) < 4.78 is 28.7. The summed E-state index contributed by atoms with van der Waals surface area (Å²) in [6.45, 7) is 8.60. The van der Waals surface area contributed by atoms with Gasteiger partial charge in [-0.3, -0.25) is 14.9 Å². The van der Waals surface area contributed by atoms with Crippen LogP contribution in [0.3, 0.4) is 0 Å². The number of nitriles is 1. The largest absolute Gasteiger partial charge is 0.495 e. The topological polar surface area (TPSA) is 177 Å². The zero-order valence-corrected chi connectivity index (χ0v) is 36.0. The lowest BCUT2D eigenvalue weighted by Crippen LogP contribution is -2.72. The number of carbonyl (C=O) groups is 4. The minimum Gasteiger partial charge on any atom is -0.495 e. The van der Waals surface area contributed by atoms with Crippen LogP contribution in [0.5, 0.6) is 5.75 Å². The molecule has 4 aliphatic heterocycles. The van der Waals surface area contributed by atoms with Crippen LogP contribution in [-0.2, 0) is 39.8 Å². The Morgan fingerprint density at radius 1 is 1.27 bits per heavy atom. The molecule has 0 saturated carbocycles. The molecule has 3 amide bonds. The second-order valence-electron chi connectivity index (χ2n) is 15.3. The number of esters is 1. The third-order valence-electron chi connectivity index (χ3n) is 10.8. The van der Waals surface area contributed by atoms with Crippen molar-refractivity contribution in [2.75, 3.05) is 39.5 Å². The number of benzene rings is 1. The van der Waals surface area contributed by atoms with Crippen LogP contribution in [0, 0.1) is 11.3 Å². The first kappa shape index (κ1) is 45.2. The van der Waals surface area contributed by atoms with Crippen LogP contribution >= 0.6 is 33.2 Å². The van der Waals surface area contributed by atoms with Crippen LogP contribution in [0.15, 0.2) is 35.9 Å². The zero-order chi connectivity index (χ0) is 41.8. The van der Waals surface area contributed by atoms with Gasteiger partial charge in [-0.05, 0) is 71.4 Å². The van der Waals surface area contributed by atoms with Gasteiger partial charge in [0.25, 0.3) is 0 Å². The first-order valence-corrected chi connectivity index (χ1v) is 21.1. The number of anilines is 1. The van der Waals surface area contributed by atoms with E-state index in [-0.39, 0.29) is 43.0 Å². The van der Waals surface area contributed by atoms with Gasteiger partial charge in [-0.2, -0.15) is 5.26 Å². The molecule has 1 aromatic rings. The molecule has 6 bridgehead atoms. The van der Waals surface area contributed by atoms with Crippen LogP contribution in [0.4, 0.5) is 10.5 Å². The predicted molar refractivity (Wildman–Crippen MR) is 215 cm³/mol. The monoisotopic (exact) mass is 836 g/mol. The number of rotatable bonds is 10. The molecule has 1 aromatic carbocycles. The summed E-state index contributed by atoms with van der Waals surface area (Å²) in [6, 6.07) is 4.75.